The van der Waals surface area contributed by atoms with Crippen LogP contribution in [-0.4, -0.2) is 47.4 Å². The van der Waals surface area contributed by atoms with Crippen LogP contribution in [0.3, 0.4) is 0 Å². The molecule has 1 N–H and O–H groups in total. The van der Waals surface area contributed by atoms with E-state index in [1.807, 2.05) is 6.92 Å². The minimum Gasteiger partial charge on any atom is -0.474 e. The second-order valence-electron chi connectivity index (χ2n) is 10.6. The van der Waals surface area contributed by atoms with Crippen molar-refractivity contribution in [2.75, 3.05) is 25.7 Å². The topological polar surface area (TPSA) is 59.5 Å². The van der Waals surface area contributed by atoms with Crippen LogP contribution >= 0.6 is 0 Å². The predicted octanol–water partition coefficient (Wildman–Crippen LogP) is 7.36. The first-order chi connectivity index (χ1) is 17.2. The molecule has 1 aliphatic rings. The zero-order chi connectivity index (χ0) is 26.5. The number of hydrogen-bond donors (Lipinski definition) is 1. The zero-order valence-electron chi connectivity index (χ0n) is 23.4. The first-order valence-corrected chi connectivity index (χ1v) is 13.5. The van der Waals surface area contributed by atoms with E-state index in [0.29, 0.717) is 30.2 Å². The van der Waals surface area contributed by atoms with Gasteiger partial charge in [0.2, 0.25) is 5.88 Å². The van der Waals surface area contributed by atoms with E-state index in [0.717, 1.165) is 36.8 Å². The van der Waals surface area contributed by atoms with Gasteiger partial charge in [-0.25, -0.2) is 14.4 Å². The summed E-state index contributed by atoms with van der Waals surface area (Å²) in [7, 11) is 1.76. The number of anilines is 2. The summed E-state index contributed by atoms with van der Waals surface area (Å²) >= 11 is 0. The summed E-state index contributed by atoms with van der Waals surface area (Å²) in [4.78, 5) is 11.1. The normalized spacial score (nSPS) is 15.5. The number of methoxy groups -OCH3 is 1. The minimum atomic E-state index is -0.325. The van der Waals surface area contributed by atoms with Crippen molar-refractivity contribution in [2.45, 2.75) is 92.2 Å². The lowest BCUT2D eigenvalue weighted by Gasteiger charge is -2.32. The maximum absolute atomic E-state index is 14.0. The molecule has 0 amide bonds. The summed E-state index contributed by atoms with van der Waals surface area (Å²) in [5.41, 5.74) is 1.14. The van der Waals surface area contributed by atoms with Crippen LogP contribution in [0.4, 0.5) is 15.9 Å². The van der Waals surface area contributed by atoms with Crippen LogP contribution < -0.4 is 10.1 Å². The lowest BCUT2D eigenvalue weighted by molar-refractivity contribution is 0.0127. The van der Waals surface area contributed by atoms with E-state index < -0.39 is 0 Å². The Morgan fingerprint density at radius 3 is 2.39 bits per heavy atom. The molecule has 0 saturated heterocycles. The molecule has 2 unspecified atom stereocenters. The molecule has 3 rings (SSSR count). The molecule has 0 bridgehead atoms. The average Bonchev–Trinajstić information content (AvgIpc) is 3.35. The van der Waals surface area contributed by atoms with Gasteiger partial charge in [-0.05, 0) is 63.5 Å². The summed E-state index contributed by atoms with van der Waals surface area (Å²) in [6, 6.07) is 6.88. The van der Waals surface area contributed by atoms with Crippen LogP contribution in [0.2, 0.25) is 0 Å². The largest absolute Gasteiger partial charge is 0.474 e. The second-order valence-corrected chi connectivity index (χ2v) is 10.6. The summed E-state index contributed by atoms with van der Waals surface area (Å²) in [5.74, 6) is 2.36. The van der Waals surface area contributed by atoms with Crippen molar-refractivity contribution in [3.8, 4) is 5.88 Å². The molecule has 1 heterocycles. The summed E-state index contributed by atoms with van der Waals surface area (Å²) in [6.45, 7) is 14.5. The number of halogens is 1. The number of aromatic nitrogens is 2. The van der Waals surface area contributed by atoms with Crippen LogP contribution in [-0.2, 0) is 4.74 Å². The summed E-state index contributed by atoms with van der Waals surface area (Å²) in [5, 5.41) is 3.06. The highest BCUT2D eigenvalue weighted by Gasteiger charge is 2.25. The van der Waals surface area contributed by atoms with Gasteiger partial charge >= 0.3 is 0 Å². The molecule has 0 spiro atoms. The zero-order valence-corrected chi connectivity index (χ0v) is 23.4. The lowest BCUT2D eigenvalue weighted by Crippen LogP contribution is -2.40. The first kappa shape index (κ1) is 30.0. The maximum Gasteiger partial charge on any atom is 0.221 e. The SMILES string of the molecule is CC(C)C.CCC(CC(C)N(COC)CC1CCCC1)Oc1ncnc(Nc2ccccc2F)c1C. The number of para-hydroxylation sites is 1. The van der Waals surface area contributed by atoms with E-state index in [9.17, 15) is 4.39 Å². The first-order valence-electron chi connectivity index (χ1n) is 13.5. The van der Waals surface area contributed by atoms with Gasteiger partial charge in [0.15, 0.2) is 0 Å². The van der Waals surface area contributed by atoms with Gasteiger partial charge in [-0.2, -0.15) is 0 Å². The number of benzene rings is 1. The van der Waals surface area contributed by atoms with Crippen LogP contribution in [0.5, 0.6) is 5.88 Å². The molecule has 0 radical (unpaired) electrons. The van der Waals surface area contributed by atoms with Crippen molar-refractivity contribution in [3.05, 3.63) is 42.0 Å². The molecule has 1 saturated carbocycles. The smallest absolute Gasteiger partial charge is 0.221 e. The van der Waals surface area contributed by atoms with E-state index in [1.165, 1.54) is 38.1 Å². The highest BCUT2D eigenvalue weighted by molar-refractivity contribution is 5.61. The third-order valence-corrected chi connectivity index (χ3v) is 6.39. The lowest BCUT2D eigenvalue weighted by atomic mass is 10.0. The van der Waals surface area contributed by atoms with Crippen molar-refractivity contribution >= 4 is 11.5 Å². The Bertz CT molecular complexity index is 887. The van der Waals surface area contributed by atoms with E-state index in [-0.39, 0.29) is 11.9 Å². The third-order valence-electron chi connectivity index (χ3n) is 6.39. The molecule has 2 aromatic rings. The molecule has 2 atom stereocenters. The van der Waals surface area contributed by atoms with Crippen LogP contribution in [0.1, 0.15) is 78.7 Å². The van der Waals surface area contributed by atoms with Crippen molar-refractivity contribution in [2.24, 2.45) is 11.8 Å². The quantitative estimate of drug-likeness (QED) is 0.306. The monoisotopic (exact) mass is 502 g/mol. The summed E-state index contributed by atoms with van der Waals surface area (Å²) in [6.07, 6.45) is 8.55. The Balaban J connectivity index is 0.00000106. The Morgan fingerprint density at radius 2 is 1.78 bits per heavy atom. The van der Waals surface area contributed by atoms with Crippen molar-refractivity contribution in [3.63, 3.8) is 0 Å². The van der Waals surface area contributed by atoms with Crippen molar-refractivity contribution < 1.29 is 13.9 Å². The maximum atomic E-state index is 14.0. The predicted molar refractivity (Wildman–Crippen MR) is 146 cm³/mol. The van der Waals surface area contributed by atoms with Crippen LogP contribution in [0.15, 0.2) is 30.6 Å². The third kappa shape index (κ3) is 10.0. The average molecular weight is 503 g/mol. The van der Waals surface area contributed by atoms with E-state index >= 15 is 0 Å². The van der Waals surface area contributed by atoms with Gasteiger partial charge < -0.3 is 14.8 Å². The molecule has 36 heavy (non-hydrogen) atoms. The van der Waals surface area contributed by atoms with E-state index in [1.54, 1.807) is 25.3 Å². The molecule has 1 aromatic heterocycles. The number of ether oxygens (including phenoxy) is 2. The highest BCUT2D eigenvalue weighted by atomic mass is 19.1. The Kier molecular flexibility index (Phi) is 13.1. The van der Waals surface area contributed by atoms with Gasteiger partial charge in [0.1, 0.15) is 24.1 Å². The Hall–Kier alpha value is -2.25. The fraction of sp³-hybridized carbons (Fsp3) is 0.655. The number of rotatable bonds is 12. The Labute approximate surface area is 218 Å². The van der Waals surface area contributed by atoms with Gasteiger partial charge in [0, 0.05) is 19.7 Å². The molecular formula is C29H47FN4O2. The number of hydrogen-bond acceptors (Lipinski definition) is 6. The molecule has 6 nitrogen and oxygen atoms in total. The summed E-state index contributed by atoms with van der Waals surface area (Å²) < 4.78 is 25.9. The van der Waals surface area contributed by atoms with Gasteiger partial charge in [0.05, 0.1) is 18.0 Å². The van der Waals surface area contributed by atoms with Crippen molar-refractivity contribution in [1.29, 1.82) is 0 Å². The van der Waals surface area contributed by atoms with Gasteiger partial charge in [-0.1, -0.05) is 52.7 Å². The number of nitrogens with zero attached hydrogens (tertiary/aromatic N) is 3. The van der Waals surface area contributed by atoms with Crippen LogP contribution in [0.25, 0.3) is 0 Å². The second kappa shape index (κ2) is 15.8. The van der Waals surface area contributed by atoms with Gasteiger partial charge in [-0.3, -0.25) is 4.90 Å². The van der Waals surface area contributed by atoms with Gasteiger partial charge in [0.25, 0.3) is 0 Å². The molecule has 0 aliphatic heterocycles. The Morgan fingerprint density at radius 1 is 1.11 bits per heavy atom. The fourth-order valence-corrected chi connectivity index (χ4v) is 4.40. The standard InChI is InChI=1S/C25H37FN4O2.C4H10/c1-5-21(14-18(2)30(17-31-4)15-20-10-6-7-11-20)32-25-19(3)24(27-16-28-25)29-23-13-9-8-12-22(23)26;1-4(2)3/h8-9,12-13,16,18,20-21H,5-7,10-11,14-15,17H2,1-4H3,(H,27,28,29);4H,1-3H3. The molecule has 7 heteroatoms. The highest BCUT2D eigenvalue weighted by Crippen LogP contribution is 2.29. The fourth-order valence-electron chi connectivity index (χ4n) is 4.40. The van der Waals surface area contributed by atoms with E-state index in [2.05, 4.69) is 54.8 Å². The van der Waals surface area contributed by atoms with E-state index in [4.69, 9.17) is 9.47 Å². The number of nitrogens with one attached hydrogen (secondary N) is 1. The molecular weight excluding hydrogens is 455 g/mol. The minimum absolute atomic E-state index is 0.0165. The molecule has 1 aliphatic carbocycles. The molecule has 1 aromatic carbocycles. The van der Waals surface area contributed by atoms with Crippen molar-refractivity contribution in [1.82, 2.24) is 14.9 Å². The van der Waals surface area contributed by atoms with Crippen LogP contribution in [0, 0.1) is 24.6 Å². The molecule has 202 valence electrons. The molecule has 1 fully saturated rings. The van der Waals surface area contributed by atoms with Gasteiger partial charge in [-0.15, -0.1) is 0 Å².